The Kier molecular flexibility index (Phi) is 8.70. The van der Waals surface area contributed by atoms with Gasteiger partial charge in [0.05, 0.1) is 0 Å². The number of nitrogens with one attached hydrogen (secondary N) is 2. The minimum atomic E-state index is -0.825. The van der Waals surface area contributed by atoms with Gasteiger partial charge in [-0.15, -0.1) is 6.58 Å². The molecule has 0 saturated carbocycles. The quantitative estimate of drug-likeness (QED) is 0.436. The van der Waals surface area contributed by atoms with Gasteiger partial charge in [-0.3, -0.25) is 4.79 Å². The molecule has 0 heterocycles. The van der Waals surface area contributed by atoms with E-state index in [2.05, 4.69) is 17.2 Å². The molecule has 0 bridgehead atoms. The Morgan fingerprint density at radius 1 is 1.33 bits per heavy atom. The van der Waals surface area contributed by atoms with Crippen molar-refractivity contribution in [3.63, 3.8) is 0 Å². The number of carboxylic acid groups (broad SMARTS) is 1. The fourth-order valence-corrected chi connectivity index (χ4v) is 1.74. The lowest BCUT2D eigenvalue weighted by molar-refractivity contribution is -0.138. The summed E-state index contributed by atoms with van der Waals surface area (Å²) >= 11 is 0. The maximum absolute atomic E-state index is 11.4. The molecule has 0 spiro atoms. The topological polar surface area (TPSA) is 78.4 Å². The molecular formula is C13H24N2O3. The van der Waals surface area contributed by atoms with Crippen LogP contribution < -0.4 is 10.6 Å². The van der Waals surface area contributed by atoms with Crippen molar-refractivity contribution in [1.82, 2.24) is 10.6 Å². The van der Waals surface area contributed by atoms with Crippen LogP contribution in [0, 0.1) is 11.8 Å². The summed E-state index contributed by atoms with van der Waals surface area (Å²) in [5.41, 5.74) is 0. The van der Waals surface area contributed by atoms with E-state index in [0.29, 0.717) is 19.0 Å². The average Bonchev–Trinajstić information content (AvgIpc) is 2.25. The van der Waals surface area contributed by atoms with Crippen LogP contribution in [-0.2, 0) is 4.79 Å². The largest absolute Gasteiger partial charge is 0.481 e. The number of rotatable bonds is 9. The summed E-state index contributed by atoms with van der Waals surface area (Å²) in [6.07, 6.45) is 3.33. The van der Waals surface area contributed by atoms with E-state index in [1.165, 1.54) is 0 Å². The number of hydrogen-bond acceptors (Lipinski definition) is 2. The van der Waals surface area contributed by atoms with Crippen LogP contribution in [0.3, 0.4) is 0 Å². The van der Waals surface area contributed by atoms with Crippen LogP contribution in [0.15, 0.2) is 12.7 Å². The maximum Gasteiger partial charge on any atom is 0.314 e. The lowest BCUT2D eigenvalue weighted by Gasteiger charge is -2.17. The Balaban J connectivity index is 3.96. The van der Waals surface area contributed by atoms with Crippen molar-refractivity contribution in [2.45, 2.75) is 33.1 Å². The molecule has 0 rings (SSSR count). The number of aliphatic carboxylic acids is 1. The highest BCUT2D eigenvalue weighted by Crippen LogP contribution is 2.14. The molecule has 0 fully saturated rings. The third-order valence-corrected chi connectivity index (χ3v) is 2.45. The summed E-state index contributed by atoms with van der Waals surface area (Å²) in [6, 6.07) is -0.254. The number of urea groups is 1. The molecule has 3 N–H and O–H groups in total. The number of carbonyl (C=O) groups is 2. The molecule has 5 nitrogen and oxygen atoms in total. The Labute approximate surface area is 109 Å². The third-order valence-electron chi connectivity index (χ3n) is 2.45. The van der Waals surface area contributed by atoms with Crippen molar-refractivity contribution < 1.29 is 14.7 Å². The van der Waals surface area contributed by atoms with Crippen molar-refractivity contribution in [3.05, 3.63) is 12.7 Å². The maximum atomic E-state index is 11.4. The number of carbonyl (C=O) groups excluding carboxylic acids is 1. The molecule has 18 heavy (non-hydrogen) atoms. The second-order valence-corrected chi connectivity index (χ2v) is 4.81. The second kappa shape index (κ2) is 9.50. The predicted octanol–water partition coefficient (Wildman–Crippen LogP) is 2.00. The molecule has 0 aromatic heterocycles. The van der Waals surface area contributed by atoms with E-state index in [-0.39, 0.29) is 18.4 Å². The summed E-state index contributed by atoms with van der Waals surface area (Å²) in [7, 11) is 0. The number of amides is 2. The molecule has 0 aliphatic heterocycles. The standard InChI is InChI=1S/C13H24N2O3/c1-4-5-6-14-13(18)15-9-11(7-10(2)3)8-12(16)17/h4,10-11H,1,5-9H2,2-3H3,(H,16,17)(H2,14,15,18)/t11-/m0/s1. The van der Waals surface area contributed by atoms with Crippen LogP contribution in [0.2, 0.25) is 0 Å². The first-order chi connectivity index (χ1) is 8.45. The predicted molar refractivity (Wildman–Crippen MR) is 71.4 cm³/mol. The summed E-state index contributed by atoms with van der Waals surface area (Å²) in [6.45, 7) is 8.58. The zero-order valence-electron chi connectivity index (χ0n) is 11.2. The SMILES string of the molecule is C=CCCNC(=O)NC[C@H](CC(=O)O)CC(C)C. The van der Waals surface area contributed by atoms with Gasteiger partial charge in [0.15, 0.2) is 0 Å². The van der Waals surface area contributed by atoms with E-state index in [4.69, 9.17) is 5.11 Å². The van der Waals surface area contributed by atoms with Crippen LogP contribution >= 0.6 is 0 Å². The van der Waals surface area contributed by atoms with Crippen molar-refractivity contribution >= 4 is 12.0 Å². The molecule has 0 unspecified atom stereocenters. The van der Waals surface area contributed by atoms with E-state index in [9.17, 15) is 9.59 Å². The molecule has 0 aliphatic rings. The van der Waals surface area contributed by atoms with E-state index in [1.54, 1.807) is 6.08 Å². The molecule has 1 atom stereocenters. The minimum Gasteiger partial charge on any atom is -0.481 e. The second-order valence-electron chi connectivity index (χ2n) is 4.81. The summed E-state index contributed by atoms with van der Waals surface area (Å²) in [5.74, 6) is -0.429. The zero-order valence-corrected chi connectivity index (χ0v) is 11.2. The van der Waals surface area contributed by atoms with Crippen LogP contribution in [0.4, 0.5) is 4.79 Å². The van der Waals surface area contributed by atoms with E-state index in [0.717, 1.165) is 12.8 Å². The Bertz CT molecular complexity index is 277. The first kappa shape index (κ1) is 16.5. The highest BCUT2D eigenvalue weighted by molar-refractivity contribution is 5.74. The molecule has 0 aromatic rings. The van der Waals surface area contributed by atoms with Crippen LogP contribution in [0.1, 0.15) is 33.1 Å². The fraction of sp³-hybridized carbons (Fsp3) is 0.692. The van der Waals surface area contributed by atoms with Crippen molar-refractivity contribution in [2.24, 2.45) is 11.8 Å². The number of carboxylic acids is 1. The van der Waals surface area contributed by atoms with Crippen molar-refractivity contribution in [1.29, 1.82) is 0 Å². The van der Waals surface area contributed by atoms with Gasteiger partial charge >= 0.3 is 12.0 Å². The molecule has 5 heteroatoms. The van der Waals surface area contributed by atoms with Gasteiger partial charge in [0.1, 0.15) is 0 Å². The smallest absolute Gasteiger partial charge is 0.314 e. The van der Waals surface area contributed by atoms with Crippen LogP contribution in [-0.4, -0.2) is 30.2 Å². The first-order valence-corrected chi connectivity index (χ1v) is 6.30. The van der Waals surface area contributed by atoms with E-state index < -0.39 is 5.97 Å². The normalized spacial score (nSPS) is 11.9. The Hall–Kier alpha value is -1.52. The van der Waals surface area contributed by atoms with Gasteiger partial charge < -0.3 is 15.7 Å². The van der Waals surface area contributed by atoms with E-state index >= 15 is 0 Å². The Morgan fingerprint density at radius 2 is 2.00 bits per heavy atom. The highest BCUT2D eigenvalue weighted by atomic mass is 16.4. The van der Waals surface area contributed by atoms with Crippen LogP contribution in [0.5, 0.6) is 0 Å². The Morgan fingerprint density at radius 3 is 2.50 bits per heavy atom. The van der Waals surface area contributed by atoms with Crippen LogP contribution in [0.25, 0.3) is 0 Å². The van der Waals surface area contributed by atoms with Gasteiger partial charge in [0.25, 0.3) is 0 Å². The monoisotopic (exact) mass is 256 g/mol. The number of hydrogen-bond donors (Lipinski definition) is 3. The lowest BCUT2D eigenvalue weighted by Crippen LogP contribution is -2.39. The minimum absolute atomic E-state index is 0.0207. The van der Waals surface area contributed by atoms with Gasteiger partial charge in [-0.05, 0) is 24.7 Å². The molecule has 0 aromatic carbocycles. The molecule has 0 saturated heterocycles. The molecule has 2 amide bonds. The van der Waals surface area contributed by atoms with Gasteiger partial charge in [-0.2, -0.15) is 0 Å². The van der Waals surface area contributed by atoms with Gasteiger partial charge in [-0.25, -0.2) is 4.79 Å². The van der Waals surface area contributed by atoms with Gasteiger partial charge in [0, 0.05) is 19.5 Å². The summed E-state index contributed by atoms with van der Waals surface area (Å²) in [5, 5.41) is 14.2. The zero-order chi connectivity index (χ0) is 14.0. The highest BCUT2D eigenvalue weighted by Gasteiger charge is 2.15. The van der Waals surface area contributed by atoms with Crippen molar-refractivity contribution in [3.8, 4) is 0 Å². The summed E-state index contributed by atoms with van der Waals surface area (Å²) < 4.78 is 0. The van der Waals surface area contributed by atoms with E-state index in [1.807, 2.05) is 13.8 Å². The average molecular weight is 256 g/mol. The fourth-order valence-electron chi connectivity index (χ4n) is 1.74. The molecule has 0 radical (unpaired) electrons. The first-order valence-electron chi connectivity index (χ1n) is 6.30. The molecule has 104 valence electrons. The van der Waals surface area contributed by atoms with Gasteiger partial charge in [0.2, 0.25) is 0 Å². The van der Waals surface area contributed by atoms with Crippen molar-refractivity contribution in [2.75, 3.05) is 13.1 Å². The van der Waals surface area contributed by atoms with Gasteiger partial charge in [-0.1, -0.05) is 19.9 Å². The third kappa shape index (κ3) is 9.69. The molecular weight excluding hydrogens is 232 g/mol. The summed E-state index contributed by atoms with van der Waals surface area (Å²) in [4.78, 5) is 22.1. The molecule has 0 aliphatic carbocycles. The lowest BCUT2D eigenvalue weighted by atomic mass is 9.94.